The lowest BCUT2D eigenvalue weighted by molar-refractivity contribution is -0.146. The molecule has 5 nitrogen and oxygen atoms in total. The van der Waals surface area contributed by atoms with E-state index in [1.165, 1.54) is 14.2 Å². The first kappa shape index (κ1) is 15.2. The van der Waals surface area contributed by atoms with Gasteiger partial charge in [-0.05, 0) is 12.0 Å². The Morgan fingerprint density at radius 3 is 2.32 bits per heavy atom. The molecule has 0 bridgehead atoms. The van der Waals surface area contributed by atoms with E-state index >= 15 is 0 Å². The molecule has 0 aromatic heterocycles. The Bertz CT molecular complexity index is 419. The van der Waals surface area contributed by atoms with Gasteiger partial charge in [0.2, 0.25) is 0 Å². The van der Waals surface area contributed by atoms with E-state index in [2.05, 4.69) is 10.1 Å². The molecule has 0 heterocycles. The minimum atomic E-state index is -0.736. The van der Waals surface area contributed by atoms with Gasteiger partial charge in [0.15, 0.2) is 6.10 Å². The third kappa shape index (κ3) is 4.06. The van der Waals surface area contributed by atoms with Gasteiger partial charge >= 0.3 is 5.97 Å². The monoisotopic (exact) mass is 265 g/mol. The molecule has 0 aliphatic rings. The summed E-state index contributed by atoms with van der Waals surface area (Å²) in [4.78, 5) is 23.6. The quantitative estimate of drug-likeness (QED) is 0.790. The van der Waals surface area contributed by atoms with E-state index in [0.717, 1.165) is 5.56 Å². The highest BCUT2D eigenvalue weighted by molar-refractivity contribution is 5.87. The normalized spacial score (nSPS) is 13.4. The molecule has 19 heavy (non-hydrogen) atoms. The fourth-order valence-corrected chi connectivity index (χ4v) is 1.74. The zero-order valence-corrected chi connectivity index (χ0v) is 11.4. The van der Waals surface area contributed by atoms with Crippen LogP contribution in [0.3, 0.4) is 0 Å². The van der Waals surface area contributed by atoms with Crippen molar-refractivity contribution in [3.05, 3.63) is 35.9 Å². The summed E-state index contributed by atoms with van der Waals surface area (Å²) in [7, 11) is 2.75. The number of carbonyl (C=O) groups excluding carboxylic acids is 2. The first-order valence-electron chi connectivity index (χ1n) is 6.10. The molecule has 104 valence electrons. The summed E-state index contributed by atoms with van der Waals surface area (Å²) in [5, 5.41) is 2.63. The van der Waals surface area contributed by atoms with Gasteiger partial charge in [-0.3, -0.25) is 4.79 Å². The summed E-state index contributed by atoms with van der Waals surface area (Å²) in [6.07, 6.45) is -0.274. The molecule has 0 unspecified atom stereocenters. The van der Waals surface area contributed by atoms with E-state index < -0.39 is 18.1 Å². The molecular formula is C14H19NO4. The van der Waals surface area contributed by atoms with Crippen LogP contribution in [0.25, 0.3) is 0 Å². The topological polar surface area (TPSA) is 64.6 Å². The largest absolute Gasteiger partial charge is 0.467 e. The van der Waals surface area contributed by atoms with E-state index in [1.54, 1.807) is 19.1 Å². The Morgan fingerprint density at radius 1 is 1.21 bits per heavy atom. The van der Waals surface area contributed by atoms with E-state index in [1.807, 2.05) is 18.2 Å². The Labute approximate surface area is 112 Å². The third-order valence-electron chi connectivity index (χ3n) is 2.79. The zero-order chi connectivity index (χ0) is 14.3. The molecule has 1 aromatic carbocycles. The molecular weight excluding hydrogens is 246 g/mol. The minimum absolute atomic E-state index is 0.356. The van der Waals surface area contributed by atoms with E-state index in [4.69, 9.17) is 4.74 Å². The highest BCUT2D eigenvalue weighted by atomic mass is 16.5. The van der Waals surface area contributed by atoms with Gasteiger partial charge in [-0.2, -0.15) is 0 Å². The highest BCUT2D eigenvalue weighted by Gasteiger charge is 2.25. The number of esters is 1. The molecule has 1 aromatic rings. The van der Waals surface area contributed by atoms with Crippen LogP contribution in [-0.4, -0.2) is 32.1 Å². The molecule has 0 aliphatic heterocycles. The van der Waals surface area contributed by atoms with Crippen molar-refractivity contribution < 1.29 is 19.1 Å². The summed E-state index contributed by atoms with van der Waals surface area (Å²) >= 11 is 0. The van der Waals surface area contributed by atoms with Gasteiger partial charge < -0.3 is 14.8 Å². The van der Waals surface area contributed by atoms with E-state index in [0.29, 0.717) is 6.42 Å². The second-order valence-corrected chi connectivity index (χ2v) is 4.02. The molecule has 0 saturated carbocycles. The fourth-order valence-electron chi connectivity index (χ4n) is 1.74. The second-order valence-electron chi connectivity index (χ2n) is 4.02. The van der Waals surface area contributed by atoms with Crippen LogP contribution in [0, 0.1) is 0 Å². The lowest BCUT2D eigenvalue weighted by Gasteiger charge is -2.19. The average Bonchev–Trinajstić information content (AvgIpc) is 2.45. The third-order valence-corrected chi connectivity index (χ3v) is 2.79. The smallest absolute Gasteiger partial charge is 0.328 e. The van der Waals surface area contributed by atoms with E-state index in [-0.39, 0.29) is 5.91 Å². The first-order valence-corrected chi connectivity index (χ1v) is 6.10. The molecule has 0 saturated heterocycles. The maximum atomic E-state index is 12.1. The number of hydrogen-bond acceptors (Lipinski definition) is 4. The molecule has 0 aliphatic carbocycles. The summed E-state index contributed by atoms with van der Waals surface area (Å²) in [6, 6.07) is 8.45. The minimum Gasteiger partial charge on any atom is -0.467 e. The van der Waals surface area contributed by atoms with Crippen LogP contribution < -0.4 is 5.32 Å². The first-order chi connectivity index (χ1) is 9.13. The molecule has 2 atom stereocenters. The van der Waals surface area contributed by atoms with Crippen molar-refractivity contribution in [2.24, 2.45) is 0 Å². The van der Waals surface area contributed by atoms with Crippen LogP contribution in [0.2, 0.25) is 0 Å². The molecule has 1 amide bonds. The van der Waals surface area contributed by atoms with Crippen LogP contribution >= 0.6 is 0 Å². The van der Waals surface area contributed by atoms with Crippen molar-refractivity contribution in [1.82, 2.24) is 5.32 Å². The number of nitrogens with one attached hydrogen (secondary N) is 1. The van der Waals surface area contributed by atoms with Gasteiger partial charge in [0.1, 0.15) is 6.04 Å². The number of benzene rings is 1. The van der Waals surface area contributed by atoms with Crippen LogP contribution in [0.5, 0.6) is 0 Å². The SMILES string of the molecule is CC[C@H](NC(=O)[C@@H](OC)c1ccccc1)C(=O)OC. The number of carbonyl (C=O) groups is 2. The Morgan fingerprint density at radius 2 is 1.84 bits per heavy atom. The van der Waals surface area contributed by atoms with Crippen molar-refractivity contribution >= 4 is 11.9 Å². The fraction of sp³-hybridized carbons (Fsp3) is 0.429. The number of rotatable bonds is 6. The molecule has 1 N–H and O–H groups in total. The lowest BCUT2D eigenvalue weighted by atomic mass is 10.1. The van der Waals surface area contributed by atoms with Gasteiger partial charge in [0.25, 0.3) is 5.91 Å². The van der Waals surface area contributed by atoms with E-state index in [9.17, 15) is 9.59 Å². The van der Waals surface area contributed by atoms with Gasteiger partial charge in [-0.15, -0.1) is 0 Å². The Kier molecular flexibility index (Phi) is 6.02. The predicted molar refractivity (Wildman–Crippen MR) is 70.4 cm³/mol. The van der Waals surface area contributed by atoms with Crippen LogP contribution in [-0.2, 0) is 19.1 Å². The Hall–Kier alpha value is -1.88. The summed E-state index contributed by atoms with van der Waals surface area (Å²) in [5.41, 5.74) is 0.738. The maximum absolute atomic E-state index is 12.1. The van der Waals surface area contributed by atoms with Gasteiger partial charge in [0, 0.05) is 7.11 Å². The van der Waals surface area contributed by atoms with Gasteiger partial charge in [-0.25, -0.2) is 4.79 Å². The van der Waals surface area contributed by atoms with Crippen LogP contribution in [0.1, 0.15) is 25.0 Å². The van der Waals surface area contributed by atoms with Crippen molar-refractivity contribution in [3.63, 3.8) is 0 Å². The number of amides is 1. The van der Waals surface area contributed by atoms with Crippen molar-refractivity contribution in [2.75, 3.05) is 14.2 Å². The molecule has 5 heteroatoms. The lowest BCUT2D eigenvalue weighted by Crippen LogP contribution is -2.43. The molecule has 0 radical (unpaired) electrons. The van der Waals surface area contributed by atoms with Crippen LogP contribution in [0.15, 0.2) is 30.3 Å². The zero-order valence-electron chi connectivity index (χ0n) is 11.4. The highest BCUT2D eigenvalue weighted by Crippen LogP contribution is 2.16. The van der Waals surface area contributed by atoms with Gasteiger partial charge in [0.05, 0.1) is 7.11 Å². The second kappa shape index (κ2) is 7.53. The molecule has 0 spiro atoms. The van der Waals surface area contributed by atoms with Crippen molar-refractivity contribution in [2.45, 2.75) is 25.5 Å². The summed E-state index contributed by atoms with van der Waals surface area (Å²) in [6.45, 7) is 1.80. The average molecular weight is 265 g/mol. The number of methoxy groups -OCH3 is 2. The summed E-state index contributed by atoms with van der Waals surface area (Å²) < 4.78 is 9.82. The maximum Gasteiger partial charge on any atom is 0.328 e. The van der Waals surface area contributed by atoms with Crippen molar-refractivity contribution in [3.8, 4) is 0 Å². The molecule has 0 fully saturated rings. The van der Waals surface area contributed by atoms with Crippen molar-refractivity contribution in [1.29, 1.82) is 0 Å². The Balaban J connectivity index is 2.77. The standard InChI is InChI=1S/C14H19NO4/c1-4-11(14(17)19-3)15-13(16)12(18-2)10-8-6-5-7-9-10/h5-9,11-12H,4H2,1-3H3,(H,15,16)/t11-,12-/m0/s1. The number of hydrogen-bond donors (Lipinski definition) is 1. The summed E-state index contributed by atoms with van der Waals surface area (Å²) in [5.74, 6) is -0.815. The van der Waals surface area contributed by atoms with Crippen LogP contribution in [0.4, 0.5) is 0 Å². The van der Waals surface area contributed by atoms with Gasteiger partial charge in [-0.1, -0.05) is 37.3 Å². The number of ether oxygens (including phenoxy) is 2. The predicted octanol–water partition coefficient (Wildman–Crippen LogP) is 1.44. The molecule has 1 rings (SSSR count).